The van der Waals surface area contributed by atoms with Crippen molar-refractivity contribution in [1.29, 1.82) is 0 Å². The molecule has 1 aromatic rings. The van der Waals surface area contributed by atoms with Gasteiger partial charge in [0.2, 0.25) is 15.9 Å². The number of imide groups is 1. The molecule has 1 aliphatic rings. The number of carbonyl (C=O) groups is 3. The highest BCUT2D eigenvalue weighted by molar-refractivity contribution is 7.89. The Labute approximate surface area is 189 Å². The van der Waals surface area contributed by atoms with Crippen LogP contribution in [0, 0.1) is 5.92 Å². The molecule has 1 unspecified atom stereocenters. The van der Waals surface area contributed by atoms with Crippen molar-refractivity contribution in [3.63, 3.8) is 0 Å². The van der Waals surface area contributed by atoms with Gasteiger partial charge in [-0.2, -0.15) is 0 Å². The minimum absolute atomic E-state index is 0.0601. The number of sulfonamides is 1. The van der Waals surface area contributed by atoms with Crippen LogP contribution < -0.4 is 5.48 Å². The fourth-order valence-corrected chi connectivity index (χ4v) is 4.96. The van der Waals surface area contributed by atoms with Crippen LogP contribution in [0.15, 0.2) is 30.3 Å². The molecule has 0 bridgehead atoms. The van der Waals surface area contributed by atoms with Crippen molar-refractivity contribution in [2.75, 3.05) is 32.9 Å². The van der Waals surface area contributed by atoms with Crippen molar-refractivity contribution < 1.29 is 28.0 Å². The van der Waals surface area contributed by atoms with E-state index in [1.54, 1.807) is 20.9 Å². The summed E-state index contributed by atoms with van der Waals surface area (Å²) in [6, 6.07) is 9.01. The number of likely N-dealkylation sites (N-methyl/N-ethyl adjacent to an activating group) is 2. The minimum Gasteiger partial charge on any atom is -0.313 e. The first-order chi connectivity index (χ1) is 14.9. The Morgan fingerprint density at radius 3 is 2.38 bits per heavy atom. The molecule has 178 valence electrons. The standard InChI is InChI=1S/C21H32N4O6S/c1-21(2)19(27)25(20(28)24(21)4)13-8-11-17(18(26)22-29)15-32(30,31)23(3)14-12-16-9-6-5-7-10-16/h5-7,9-10,17,29H,8,11-15H2,1-4H3,(H,22,26). The predicted octanol–water partition coefficient (Wildman–Crippen LogP) is 1.07. The van der Waals surface area contributed by atoms with Crippen LogP contribution in [-0.4, -0.2) is 84.1 Å². The van der Waals surface area contributed by atoms with Crippen molar-refractivity contribution >= 4 is 27.9 Å². The summed E-state index contributed by atoms with van der Waals surface area (Å²) >= 11 is 0. The molecule has 0 spiro atoms. The molecule has 1 saturated heterocycles. The lowest BCUT2D eigenvalue weighted by Crippen LogP contribution is -2.41. The van der Waals surface area contributed by atoms with Crippen molar-refractivity contribution in [3.05, 3.63) is 35.9 Å². The lowest BCUT2D eigenvalue weighted by molar-refractivity contribution is -0.133. The summed E-state index contributed by atoms with van der Waals surface area (Å²) in [7, 11) is -0.786. The van der Waals surface area contributed by atoms with Gasteiger partial charge in [0.05, 0.1) is 11.7 Å². The van der Waals surface area contributed by atoms with Crippen LogP contribution in [0.1, 0.15) is 32.3 Å². The van der Waals surface area contributed by atoms with E-state index in [9.17, 15) is 22.8 Å². The Balaban J connectivity index is 1.97. The lowest BCUT2D eigenvalue weighted by atomic mass is 10.0. The summed E-state index contributed by atoms with van der Waals surface area (Å²) in [5.74, 6) is -2.68. The molecule has 11 heteroatoms. The number of rotatable bonds is 11. The first kappa shape index (κ1) is 25.8. The second-order valence-corrected chi connectivity index (χ2v) is 10.6. The van der Waals surface area contributed by atoms with E-state index in [1.807, 2.05) is 30.3 Å². The van der Waals surface area contributed by atoms with Gasteiger partial charge < -0.3 is 4.90 Å². The molecule has 4 amide bonds. The van der Waals surface area contributed by atoms with Crippen molar-refractivity contribution in [2.24, 2.45) is 5.92 Å². The maximum absolute atomic E-state index is 12.8. The molecule has 2 N–H and O–H groups in total. The van der Waals surface area contributed by atoms with Gasteiger partial charge in [-0.25, -0.2) is 23.0 Å². The number of amides is 4. The minimum atomic E-state index is -3.78. The number of nitrogens with zero attached hydrogens (tertiary/aromatic N) is 3. The first-order valence-corrected chi connectivity index (χ1v) is 12.0. The van der Waals surface area contributed by atoms with E-state index < -0.39 is 39.2 Å². The monoisotopic (exact) mass is 468 g/mol. The molecule has 1 aliphatic heterocycles. The summed E-state index contributed by atoms with van der Waals surface area (Å²) in [5.41, 5.74) is 1.56. The summed E-state index contributed by atoms with van der Waals surface area (Å²) in [6.07, 6.45) is 0.831. The zero-order chi connectivity index (χ0) is 24.1. The third-order valence-corrected chi connectivity index (χ3v) is 7.94. The van der Waals surface area contributed by atoms with Gasteiger partial charge in [-0.3, -0.25) is 19.7 Å². The predicted molar refractivity (Wildman–Crippen MR) is 118 cm³/mol. The van der Waals surface area contributed by atoms with Gasteiger partial charge >= 0.3 is 6.03 Å². The maximum atomic E-state index is 12.8. The van der Waals surface area contributed by atoms with Crippen LogP contribution in [-0.2, 0) is 26.0 Å². The lowest BCUT2D eigenvalue weighted by Gasteiger charge is -2.22. The topological polar surface area (TPSA) is 127 Å². The van der Waals surface area contributed by atoms with E-state index in [2.05, 4.69) is 0 Å². The largest absolute Gasteiger partial charge is 0.327 e. The molecule has 0 radical (unpaired) electrons. The summed E-state index contributed by atoms with van der Waals surface area (Å²) in [4.78, 5) is 39.3. The number of benzene rings is 1. The number of hydrogen-bond donors (Lipinski definition) is 2. The van der Waals surface area contributed by atoms with Crippen molar-refractivity contribution in [1.82, 2.24) is 19.6 Å². The average Bonchev–Trinajstić information content (AvgIpc) is 2.91. The number of urea groups is 1. The molecule has 1 fully saturated rings. The van der Waals surface area contributed by atoms with Gasteiger partial charge in [0.15, 0.2) is 0 Å². The Kier molecular flexibility index (Phi) is 8.38. The molecule has 2 rings (SSSR count). The molecule has 0 aromatic heterocycles. The highest BCUT2D eigenvalue weighted by Crippen LogP contribution is 2.26. The Morgan fingerprint density at radius 1 is 1.22 bits per heavy atom. The van der Waals surface area contributed by atoms with Crippen LogP contribution in [0.4, 0.5) is 4.79 Å². The quantitative estimate of drug-likeness (QED) is 0.284. The summed E-state index contributed by atoms with van der Waals surface area (Å²) in [5, 5.41) is 9.06. The second-order valence-electron chi connectivity index (χ2n) is 8.51. The van der Waals surface area contributed by atoms with Crippen molar-refractivity contribution in [2.45, 2.75) is 38.6 Å². The van der Waals surface area contributed by atoms with Crippen LogP contribution in [0.2, 0.25) is 0 Å². The van der Waals surface area contributed by atoms with Gasteiger partial charge in [-0.05, 0) is 38.7 Å². The Bertz CT molecular complexity index is 935. The van der Waals surface area contributed by atoms with E-state index in [4.69, 9.17) is 5.21 Å². The fourth-order valence-electron chi connectivity index (χ4n) is 3.51. The van der Waals surface area contributed by atoms with E-state index >= 15 is 0 Å². The third kappa shape index (κ3) is 5.84. The summed E-state index contributed by atoms with van der Waals surface area (Å²) < 4.78 is 26.7. The number of hydroxylamine groups is 1. The SMILES string of the molecule is CN1C(=O)N(CCCC(CS(=O)(=O)N(C)CCc2ccccc2)C(=O)NO)C(=O)C1(C)C. The number of carbonyl (C=O) groups excluding carboxylic acids is 3. The van der Waals surface area contributed by atoms with Crippen LogP contribution in [0.25, 0.3) is 0 Å². The van der Waals surface area contributed by atoms with Gasteiger partial charge in [-0.1, -0.05) is 30.3 Å². The molecule has 0 aliphatic carbocycles. The molecule has 32 heavy (non-hydrogen) atoms. The van der Waals surface area contributed by atoms with Gasteiger partial charge in [0, 0.05) is 27.2 Å². The van der Waals surface area contributed by atoms with Gasteiger partial charge in [0.1, 0.15) is 5.54 Å². The van der Waals surface area contributed by atoms with Gasteiger partial charge in [-0.15, -0.1) is 0 Å². The third-order valence-electron chi connectivity index (χ3n) is 5.99. The Morgan fingerprint density at radius 2 is 1.84 bits per heavy atom. The normalized spacial score (nSPS) is 17.2. The molecular weight excluding hydrogens is 436 g/mol. The van der Waals surface area contributed by atoms with E-state index in [0.29, 0.717) is 6.42 Å². The highest BCUT2D eigenvalue weighted by atomic mass is 32.2. The van der Waals surface area contributed by atoms with Crippen LogP contribution in [0.5, 0.6) is 0 Å². The number of hydrogen-bond acceptors (Lipinski definition) is 6. The molecule has 1 heterocycles. The van der Waals surface area contributed by atoms with Crippen LogP contribution >= 0.6 is 0 Å². The summed E-state index contributed by atoms with van der Waals surface area (Å²) in [6.45, 7) is 3.60. The first-order valence-electron chi connectivity index (χ1n) is 10.4. The molecule has 10 nitrogen and oxygen atoms in total. The molecule has 1 aromatic carbocycles. The van der Waals surface area contributed by atoms with E-state index in [-0.39, 0.29) is 31.8 Å². The zero-order valence-corrected chi connectivity index (χ0v) is 19.8. The molecular formula is C21H32N4O6S. The van der Waals surface area contributed by atoms with Crippen molar-refractivity contribution in [3.8, 4) is 0 Å². The average molecular weight is 469 g/mol. The van der Waals surface area contributed by atoms with E-state index in [1.165, 1.54) is 21.7 Å². The smallest absolute Gasteiger partial charge is 0.313 e. The highest BCUT2D eigenvalue weighted by Gasteiger charge is 2.48. The zero-order valence-electron chi connectivity index (χ0n) is 18.9. The maximum Gasteiger partial charge on any atom is 0.327 e. The Hall–Kier alpha value is -2.50. The molecule has 1 atom stereocenters. The molecule has 0 saturated carbocycles. The van der Waals surface area contributed by atoms with Crippen LogP contribution in [0.3, 0.4) is 0 Å². The van der Waals surface area contributed by atoms with Gasteiger partial charge in [0.25, 0.3) is 5.91 Å². The second kappa shape index (κ2) is 10.4. The number of nitrogens with one attached hydrogen (secondary N) is 1. The fraction of sp³-hybridized carbons (Fsp3) is 0.571. The van der Waals surface area contributed by atoms with E-state index in [0.717, 1.165) is 10.5 Å².